The van der Waals surface area contributed by atoms with Crippen molar-refractivity contribution in [3.63, 3.8) is 0 Å². The van der Waals surface area contributed by atoms with Gasteiger partial charge in [-0.25, -0.2) is 8.78 Å². The molecule has 136 valence electrons. The Morgan fingerprint density at radius 2 is 1.89 bits per heavy atom. The number of nitrogens with zero attached hydrogens (tertiary/aromatic N) is 1. The Balaban J connectivity index is 1.84. The average molecular weight is 384 g/mol. The van der Waals surface area contributed by atoms with Crippen molar-refractivity contribution in [3.05, 3.63) is 75.4 Å². The van der Waals surface area contributed by atoms with Crippen LogP contribution < -0.4 is 10.9 Å². The van der Waals surface area contributed by atoms with Gasteiger partial charge in [0.15, 0.2) is 0 Å². The highest BCUT2D eigenvalue weighted by Crippen LogP contribution is 2.31. The van der Waals surface area contributed by atoms with Gasteiger partial charge in [0, 0.05) is 22.7 Å². The molecule has 0 radical (unpaired) electrons. The average Bonchev–Trinajstić information content (AvgIpc) is 3.11. The molecule has 1 N–H and O–H groups in total. The number of halogens is 2. The summed E-state index contributed by atoms with van der Waals surface area (Å²) in [5.74, 6) is -2.13. The fourth-order valence-corrected chi connectivity index (χ4v) is 4.19. The fraction of sp³-hybridized carbons (Fsp3) is 0.100. The molecule has 4 aromatic rings. The Kier molecular flexibility index (Phi) is 4.24. The number of thiophene rings is 1. The lowest BCUT2D eigenvalue weighted by atomic mass is 10.1. The topological polar surface area (TPSA) is 51.1 Å². The molecule has 1 amide bonds. The van der Waals surface area contributed by atoms with Gasteiger partial charge in [-0.05, 0) is 31.2 Å². The number of hydrogen-bond donors (Lipinski definition) is 1. The third-order valence-electron chi connectivity index (χ3n) is 4.37. The van der Waals surface area contributed by atoms with Crippen molar-refractivity contribution >= 4 is 43.9 Å². The van der Waals surface area contributed by atoms with E-state index in [2.05, 4.69) is 5.32 Å². The van der Waals surface area contributed by atoms with E-state index in [4.69, 9.17) is 0 Å². The molecule has 0 bridgehead atoms. The minimum absolute atomic E-state index is 0.116. The molecule has 0 unspecified atom stereocenters. The summed E-state index contributed by atoms with van der Waals surface area (Å²) in [4.78, 5) is 25.6. The van der Waals surface area contributed by atoms with Crippen LogP contribution in [-0.2, 0) is 6.54 Å². The van der Waals surface area contributed by atoms with E-state index >= 15 is 0 Å². The number of rotatable bonds is 3. The molecule has 7 heteroatoms. The first-order valence-corrected chi connectivity index (χ1v) is 9.12. The zero-order valence-corrected chi connectivity index (χ0v) is 15.1. The molecule has 2 aromatic carbocycles. The number of carbonyl (C=O) groups is 1. The summed E-state index contributed by atoms with van der Waals surface area (Å²) in [6.07, 6.45) is 0. The first kappa shape index (κ1) is 17.4. The van der Waals surface area contributed by atoms with Crippen LogP contribution in [0.1, 0.15) is 16.6 Å². The van der Waals surface area contributed by atoms with Gasteiger partial charge in [0.25, 0.3) is 11.5 Å². The van der Waals surface area contributed by atoms with Gasteiger partial charge in [-0.3, -0.25) is 9.59 Å². The maximum absolute atomic E-state index is 13.8. The number of amides is 1. The minimum atomic E-state index is -0.858. The number of anilines is 1. The Morgan fingerprint density at radius 3 is 2.63 bits per heavy atom. The van der Waals surface area contributed by atoms with Gasteiger partial charge >= 0.3 is 0 Å². The summed E-state index contributed by atoms with van der Waals surface area (Å²) in [5, 5.41) is 3.76. The van der Waals surface area contributed by atoms with Gasteiger partial charge in [0.2, 0.25) is 0 Å². The molecule has 0 aliphatic rings. The van der Waals surface area contributed by atoms with Gasteiger partial charge in [0.05, 0.1) is 21.5 Å². The summed E-state index contributed by atoms with van der Waals surface area (Å²) >= 11 is 1.17. The van der Waals surface area contributed by atoms with E-state index in [0.29, 0.717) is 22.7 Å². The van der Waals surface area contributed by atoms with E-state index in [9.17, 15) is 18.4 Å². The Hall–Kier alpha value is -3.06. The van der Waals surface area contributed by atoms with Crippen molar-refractivity contribution < 1.29 is 13.6 Å². The predicted octanol–water partition coefficient (Wildman–Crippen LogP) is 4.77. The van der Waals surface area contributed by atoms with E-state index in [1.165, 1.54) is 17.4 Å². The van der Waals surface area contributed by atoms with Crippen LogP contribution in [0, 0.1) is 11.6 Å². The van der Waals surface area contributed by atoms with Crippen LogP contribution in [-0.4, -0.2) is 10.5 Å². The lowest BCUT2D eigenvalue weighted by Crippen LogP contribution is -2.19. The molecule has 4 nitrogen and oxygen atoms in total. The summed E-state index contributed by atoms with van der Waals surface area (Å²) in [6, 6.07) is 12.0. The number of fused-ring (bicyclic) bond motifs is 3. The standard InChI is InChI=1S/C20H14F2N2O2S/c1-2-24-16-6-4-3-5-12(16)18-13(20(24)26)10-17(27-18)19(25)23-15-8-7-11(21)9-14(15)22/h3-10H,2H2,1H3,(H,23,25). The molecule has 0 saturated heterocycles. The fourth-order valence-electron chi connectivity index (χ4n) is 3.11. The van der Waals surface area contributed by atoms with Gasteiger partial charge in [-0.1, -0.05) is 18.2 Å². The van der Waals surface area contributed by atoms with Crippen LogP contribution in [0.5, 0.6) is 0 Å². The van der Waals surface area contributed by atoms with Crippen LogP contribution in [0.3, 0.4) is 0 Å². The third kappa shape index (κ3) is 2.90. The third-order valence-corrected chi connectivity index (χ3v) is 5.53. The number of aryl methyl sites for hydroxylation is 1. The van der Waals surface area contributed by atoms with Crippen LogP contribution >= 0.6 is 11.3 Å². The van der Waals surface area contributed by atoms with Crippen molar-refractivity contribution in [1.82, 2.24) is 4.57 Å². The highest BCUT2D eigenvalue weighted by atomic mass is 32.1. The SMILES string of the molecule is CCn1c(=O)c2cc(C(=O)Nc3ccc(F)cc3F)sc2c2ccccc21. The van der Waals surface area contributed by atoms with Crippen molar-refractivity contribution in [2.24, 2.45) is 0 Å². The van der Waals surface area contributed by atoms with Crippen molar-refractivity contribution in [1.29, 1.82) is 0 Å². The first-order chi connectivity index (χ1) is 13.0. The van der Waals surface area contributed by atoms with E-state index in [1.54, 1.807) is 4.57 Å². The van der Waals surface area contributed by atoms with Gasteiger partial charge in [0.1, 0.15) is 11.6 Å². The lowest BCUT2D eigenvalue weighted by Gasteiger charge is -2.08. The maximum Gasteiger partial charge on any atom is 0.265 e. The van der Waals surface area contributed by atoms with Gasteiger partial charge in [-0.15, -0.1) is 11.3 Å². The molecule has 2 aromatic heterocycles. The Morgan fingerprint density at radius 1 is 1.11 bits per heavy atom. The number of benzene rings is 2. The second kappa shape index (κ2) is 6.59. The summed E-state index contributed by atoms with van der Waals surface area (Å²) in [6.45, 7) is 2.39. The highest BCUT2D eigenvalue weighted by molar-refractivity contribution is 7.21. The summed E-state index contributed by atoms with van der Waals surface area (Å²) in [7, 11) is 0. The van der Waals surface area contributed by atoms with Crippen LogP contribution in [0.25, 0.3) is 21.0 Å². The van der Waals surface area contributed by atoms with E-state index < -0.39 is 17.5 Å². The molecule has 0 aliphatic heterocycles. The second-order valence-electron chi connectivity index (χ2n) is 6.00. The molecule has 0 fully saturated rings. The molecule has 27 heavy (non-hydrogen) atoms. The predicted molar refractivity (Wildman–Crippen MR) is 104 cm³/mol. The first-order valence-electron chi connectivity index (χ1n) is 8.31. The van der Waals surface area contributed by atoms with Crippen LogP contribution in [0.4, 0.5) is 14.5 Å². The zero-order chi connectivity index (χ0) is 19.1. The van der Waals surface area contributed by atoms with Gasteiger partial charge in [-0.2, -0.15) is 0 Å². The minimum Gasteiger partial charge on any atom is -0.319 e. The van der Waals surface area contributed by atoms with E-state index in [1.807, 2.05) is 31.2 Å². The quantitative estimate of drug-likeness (QED) is 0.553. The van der Waals surface area contributed by atoms with E-state index in [0.717, 1.165) is 23.0 Å². The van der Waals surface area contributed by atoms with E-state index in [-0.39, 0.29) is 16.1 Å². The maximum atomic E-state index is 13.8. The Labute approximate surface area is 156 Å². The van der Waals surface area contributed by atoms with Crippen LogP contribution in [0.2, 0.25) is 0 Å². The number of nitrogens with one attached hydrogen (secondary N) is 1. The van der Waals surface area contributed by atoms with Gasteiger partial charge < -0.3 is 9.88 Å². The molecular weight excluding hydrogens is 370 g/mol. The van der Waals surface area contributed by atoms with Crippen LogP contribution in [0.15, 0.2) is 53.3 Å². The van der Waals surface area contributed by atoms with Crippen molar-refractivity contribution in [2.75, 3.05) is 5.32 Å². The molecule has 0 atom stereocenters. The molecule has 0 spiro atoms. The number of carbonyl (C=O) groups excluding carboxylic acids is 1. The molecule has 0 saturated carbocycles. The number of para-hydroxylation sites is 1. The smallest absolute Gasteiger partial charge is 0.265 e. The number of hydrogen-bond acceptors (Lipinski definition) is 3. The van der Waals surface area contributed by atoms with Crippen molar-refractivity contribution in [2.45, 2.75) is 13.5 Å². The highest BCUT2D eigenvalue weighted by Gasteiger charge is 2.18. The second-order valence-corrected chi connectivity index (χ2v) is 7.05. The number of aromatic nitrogens is 1. The lowest BCUT2D eigenvalue weighted by molar-refractivity contribution is 0.103. The monoisotopic (exact) mass is 384 g/mol. The zero-order valence-electron chi connectivity index (χ0n) is 14.3. The summed E-state index contributed by atoms with van der Waals surface area (Å²) in [5.41, 5.74) is 0.514. The largest absolute Gasteiger partial charge is 0.319 e. The normalized spacial score (nSPS) is 11.2. The summed E-state index contributed by atoms with van der Waals surface area (Å²) < 4.78 is 29.2. The van der Waals surface area contributed by atoms with Crippen molar-refractivity contribution in [3.8, 4) is 0 Å². The number of pyridine rings is 1. The molecule has 0 aliphatic carbocycles. The molecular formula is C20H14F2N2O2S. The molecule has 4 rings (SSSR count). The Bertz CT molecular complexity index is 1260. The molecule has 2 heterocycles.